The molecule has 2 N–H and O–H groups in total. The van der Waals surface area contributed by atoms with Crippen LogP contribution in [0.25, 0.3) is 0 Å². The first-order valence-corrected chi connectivity index (χ1v) is 11.4. The summed E-state index contributed by atoms with van der Waals surface area (Å²) < 4.78 is 52.2. The largest absolute Gasteiger partial charge is 0.485 e. The van der Waals surface area contributed by atoms with Crippen LogP contribution >= 0.6 is 0 Å². The third-order valence-corrected chi connectivity index (χ3v) is 6.23. The maximum Gasteiger partial charge on any atom is 0.264 e. The van der Waals surface area contributed by atoms with E-state index in [2.05, 4.69) is 10.0 Å². The molecule has 1 aliphatic rings. The molecule has 0 spiro atoms. The van der Waals surface area contributed by atoms with E-state index in [1.807, 2.05) is 6.07 Å². The fourth-order valence-electron chi connectivity index (χ4n) is 3.18. The van der Waals surface area contributed by atoms with Crippen LogP contribution in [0.1, 0.15) is 11.1 Å². The normalized spacial score (nSPS) is 15.2. The van der Waals surface area contributed by atoms with Gasteiger partial charge >= 0.3 is 0 Å². The first-order chi connectivity index (χ1) is 15.4. The molecule has 1 unspecified atom stereocenters. The Kier molecular flexibility index (Phi) is 6.38. The van der Waals surface area contributed by atoms with Crippen molar-refractivity contribution in [1.29, 1.82) is 0 Å². The Morgan fingerprint density at radius 2 is 1.66 bits per heavy atom. The molecule has 1 heterocycles. The summed E-state index contributed by atoms with van der Waals surface area (Å²) in [6.07, 6.45) is -0.801. The molecule has 1 atom stereocenters. The number of para-hydroxylation sites is 2. The minimum atomic E-state index is -3.82. The molecule has 1 aliphatic heterocycles. The lowest BCUT2D eigenvalue weighted by Gasteiger charge is -2.25. The van der Waals surface area contributed by atoms with E-state index in [-0.39, 0.29) is 30.5 Å². The Bertz CT molecular complexity index is 1230. The van der Waals surface area contributed by atoms with Gasteiger partial charge in [0.05, 0.1) is 4.90 Å². The summed E-state index contributed by atoms with van der Waals surface area (Å²) in [5.74, 6) is 0.281. The maximum absolute atomic E-state index is 13.3. The number of rotatable bonds is 7. The monoisotopic (exact) mass is 456 g/mol. The van der Waals surface area contributed by atoms with Gasteiger partial charge in [0.15, 0.2) is 11.5 Å². The number of carbonyl (C=O) groups excluding carboxylic acids is 1. The first kappa shape index (κ1) is 21.8. The second-order valence-electron chi connectivity index (χ2n) is 7.18. The second-order valence-corrected chi connectivity index (χ2v) is 8.95. The van der Waals surface area contributed by atoms with Gasteiger partial charge in [0.1, 0.15) is 12.4 Å². The fourth-order valence-corrected chi connectivity index (χ4v) is 4.27. The zero-order valence-electron chi connectivity index (χ0n) is 17.0. The molecule has 32 heavy (non-hydrogen) atoms. The molecule has 3 aromatic carbocycles. The summed E-state index contributed by atoms with van der Waals surface area (Å²) in [6, 6.07) is 19.0. The maximum atomic E-state index is 13.3. The van der Waals surface area contributed by atoms with Crippen molar-refractivity contribution < 1.29 is 27.1 Å². The van der Waals surface area contributed by atoms with Crippen LogP contribution in [-0.4, -0.2) is 27.0 Å². The second kappa shape index (κ2) is 9.37. The molecule has 1 amide bonds. The average molecular weight is 456 g/mol. The SMILES string of the molecule is O=C(NCc1cccc(S(=O)(=O)NCc2cccc(F)c2)c1)C1COc2ccccc2O1. The van der Waals surface area contributed by atoms with E-state index in [4.69, 9.17) is 9.47 Å². The van der Waals surface area contributed by atoms with E-state index in [0.717, 1.165) is 0 Å². The van der Waals surface area contributed by atoms with E-state index < -0.39 is 21.9 Å². The van der Waals surface area contributed by atoms with Gasteiger partial charge in [-0.3, -0.25) is 4.79 Å². The Morgan fingerprint density at radius 1 is 0.938 bits per heavy atom. The molecule has 0 aromatic heterocycles. The zero-order valence-corrected chi connectivity index (χ0v) is 17.8. The molecular weight excluding hydrogens is 435 g/mol. The number of sulfonamides is 1. The van der Waals surface area contributed by atoms with Crippen molar-refractivity contribution in [2.24, 2.45) is 0 Å². The van der Waals surface area contributed by atoms with Gasteiger partial charge in [0, 0.05) is 13.1 Å². The van der Waals surface area contributed by atoms with Gasteiger partial charge in [0.25, 0.3) is 5.91 Å². The Morgan fingerprint density at radius 3 is 2.44 bits per heavy atom. The number of halogens is 1. The average Bonchev–Trinajstić information content (AvgIpc) is 2.81. The third kappa shape index (κ3) is 5.24. The molecule has 0 radical (unpaired) electrons. The number of amides is 1. The van der Waals surface area contributed by atoms with Gasteiger partial charge in [-0.15, -0.1) is 0 Å². The summed E-state index contributed by atoms with van der Waals surface area (Å²) >= 11 is 0. The molecule has 166 valence electrons. The quantitative estimate of drug-likeness (QED) is 0.570. The highest BCUT2D eigenvalue weighted by Crippen LogP contribution is 2.30. The Hall–Kier alpha value is -3.43. The van der Waals surface area contributed by atoms with Gasteiger partial charge in [0.2, 0.25) is 16.1 Å². The van der Waals surface area contributed by atoms with E-state index in [1.165, 1.54) is 30.3 Å². The molecule has 9 heteroatoms. The van der Waals surface area contributed by atoms with Gasteiger partial charge in [-0.05, 0) is 47.5 Å². The summed E-state index contributed by atoms with van der Waals surface area (Å²) in [6.45, 7) is 0.163. The number of fused-ring (bicyclic) bond motifs is 1. The Balaban J connectivity index is 1.36. The molecule has 3 aromatic rings. The number of carbonyl (C=O) groups is 1. The number of nitrogens with one attached hydrogen (secondary N) is 2. The molecular formula is C23H21FN2O5S. The minimum absolute atomic E-state index is 0.0401. The van der Waals surface area contributed by atoms with Crippen molar-refractivity contribution in [3.05, 3.63) is 89.7 Å². The molecule has 0 saturated heterocycles. The van der Waals surface area contributed by atoms with Gasteiger partial charge in [-0.2, -0.15) is 0 Å². The highest BCUT2D eigenvalue weighted by molar-refractivity contribution is 7.89. The molecule has 4 rings (SSSR count). The van der Waals surface area contributed by atoms with E-state index in [1.54, 1.807) is 36.4 Å². The van der Waals surface area contributed by atoms with Crippen molar-refractivity contribution in [3.8, 4) is 11.5 Å². The predicted octanol–water partition coefficient (Wildman–Crippen LogP) is 2.76. The predicted molar refractivity (Wildman–Crippen MR) is 115 cm³/mol. The summed E-state index contributed by atoms with van der Waals surface area (Å²) in [4.78, 5) is 12.5. The first-order valence-electron chi connectivity index (χ1n) is 9.90. The Labute approximate surface area is 185 Å². The number of benzene rings is 3. The van der Waals surface area contributed by atoms with Crippen LogP contribution in [0.2, 0.25) is 0 Å². The summed E-state index contributed by atoms with van der Waals surface area (Å²) in [5, 5.41) is 2.74. The standard InChI is InChI=1S/C23H21FN2O5S/c24-18-7-3-5-16(11-18)14-26-32(28,29)19-8-4-6-17(12-19)13-25-23(27)22-15-30-20-9-1-2-10-21(20)31-22/h1-12,22,26H,13-15H2,(H,25,27). The van der Waals surface area contributed by atoms with Crippen LogP contribution in [0.4, 0.5) is 4.39 Å². The molecule has 7 nitrogen and oxygen atoms in total. The van der Waals surface area contributed by atoms with E-state index in [9.17, 15) is 17.6 Å². The number of hydrogen-bond donors (Lipinski definition) is 2. The van der Waals surface area contributed by atoms with Crippen LogP contribution in [0.3, 0.4) is 0 Å². The molecule has 0 saturated carbocycles. The lowest BCUT2D eigenvalue weighted by molar-refractivity contribution is -0.130. The molecule has 0 fully saturated rings. The highest BCUT2D eigenvalue weighted by Gasteiger charge is 2.27. The van der Waals surface area contributed by atoms with E-state index >= 15 is 0 Å². The third-order valence-electron chi connectivity index (χ3n) is 4.83. The van der Waals surface area contributed by atoms with Crippen molar-refractivity contribution in [2.75, 3.05) is 6.61 Å². The van der Waals surface area contributed by atoms with Gasteiger partial charge < -0.3 is 14.8 Å². The molecule has 0 aliphatic carbocycles. The number of hydrogen-bond acceptors (Lipinski definition) is 5. The van der Waals surface area contributed by atoms with Crippen LogP contribution in [-0.2, 0) is 27.9 Å². The van der Waals surface area contributed by atoms with E-state index in [0.29, 0.717) is 22.6 Å². The van der Waals surface area contributed by atoms with Crippen LogP contribution < -0.4 is 19.5 Å². The minimum Gasteiger partial charge on any atom is -0.485 e. The van der Waals surface area contributed by atoms with Crippen molar-refractivity contribution in [3.63, 3.8) is 0 Å². The molecule has 0 bridgehead atoms. The smallest absolute Gasteiger partial charge is 0.264 e. The van der Waals surface area contributed by atoms with Gasteiger partial charge in [-0.25, -0.2) is 17.5 Å². The highest BCUT2D eigenvalue weighted by atomic mass is 32.2. The van der Waals surface area contributed by atoms with Crippen LogP contribution in [0.15, 0.2) is 77.7 Å². The van der Waals surface area contributed by atoms with Crippen molar-refractivity contribution in [1.82, 2.24) is 10.0 Å². The van der Waals surface area contributed by atoms with Gasteiger partial charge in [-0.1, -0.05) is 36.4 Å². The topological polar surface area (TPSA) is 93.7 Å². The van der Waals surface area contributed by atoms with Crippen LogP contribution in [0.5, 0.6) is 11.5 Å². The number of ether oxygens (including phenoxy) is 2. The van der Waals surface area contributed by atoms with Crippen molar-refractivity contribution >= 4 is 15.9 Å². The van der Waals surface area contributed by atoms with Crippen LogP contribution in [0, 0.1) is 5.82 Å². The fraction of sp³-hybridized carbons (Fsp3) is 0.174. The lowest BCUT2D eigenvalue weighted by Crippen LogP contribution is -2.43. The summed E-state index contributed by atoms with van der Waals surface area (Å²) in [7, 11) is -3.82. The van der Waals surface area contributed by atoms with Crippen molar-refractivity contribution in [2.45, 2.75) is 24.1 Å². The zero-order chi connectivity index (χ0) is 22.6. The summed E-state index contributed by atoms with van der Waals surface area (Å²) in [5.41, 5.74) is 1.11. The lowest BCUT2D eigenvalue weighted by atomic mass is 10.2.